The van der Waals surface area contributed by atoms with Gasteiger partial charge in [-0.1, -0.05) is 6.07 Å². The second-order valence-electron chi connectivity index (χ2n) is 2.99. The molecule has 0 heterocycles. The topological polar surface area (TPSA) is 89.6 Å². The summed E-state index contributed by atoms with van der Waals surface area (Å²) in [6, 6.07) is 4.53. The Labute approximate surface area is 92.1 Å². The SMILES string of the molecule is COc1ccc(C=CC(N)=O)c(C(=O)O)c1. The van der Waals surface area contributed by atoms with Gasteiger partial charge in [-0.2, -0.15) is 0 Å². The van der Waals surface area contributed by atoms with Crippen LogP contribution in [-0.2, 0) is 4.79 Å². The van der Waals surface area contributed by atoms with Crippen LogP contribution in [0.15, 0.2) is 24.3 Å². The van der Waals surface area contributed by atoms with Crippen molar-refractivity contribution in [2.75, 3.05) is 7.11 Å². The van der Waals surface area contributed by atoms with Crippen molar-refractivity contribution in [1.29, 1.82) is 0 Å². The minimum absolute atomic E-state index is 0.0526. The van der Waals surface area contributed by atoms with Crippen molar-refractivity contribution in [2.45, 2.75) is 0 Å². The standard InChI is InChI=1S/C11H11NO4/c1-16-8-4-2-7(3-5-10(12)13)9(6-8)11(14)15/h2-6H,1H3,(H2,12,13)(H,14,15). The van der Waals surface area contributed by atoms with Crippen molar-refractivity contribution >= 4 is 18.0 Å². The van der Waals surface area contributed by atoms with E-state index < -0.39 is 11.9 Å². The van der Waals surface area contributed by atoms with E-state index in [9.17, 15) is 9.59 Å². The Morgan fingerprint density at radius 2 is 2.12 bits per heavy atom. The normalized spacial score (nSPS) is 10.3. The van der Waals surface area contributed by atoms with Crippen LogP contribution in [0.25, 0.3) is 6.08 Å². The van der Waals surface area contributed by atoms with Gasteiger partial charge in [0, 0.05) is 6.08 Å². The van der Waals surface area contributed by atoms with Gasteiger partial charge in [0.1, 0.15) is 5.75 Å². The molecule has 0 saturated carbocycles. The predicted molar refractivity (Wildman–Crippen MR) is 58.2 cm³/mol. The number of hydrogen-bond donors (Lipinski definition) is 2. The molecular weight excluding hydrogens is 210 g/mol. The zero-order chi connectivity index (χ0) is 12.1. The maximum atomic E-state index is 10.9. The summed E-state index contributed by atoms with van der Waals surface area (Å²) in [5.74, 6) is -1.29. The molecule has 0 aliphatic heterocycles. The fourth-order valence-corrected chi connectivity index (χ4v) is 1.16. The van der Waals surface area contributed by atoms with Gasteiger partial charge in [0.15, 0.2) is 0 Å². The number of aromatic carboxylic acids is 1. The van der Waals surface area contributed by atoms with Gasteiger partial charge >= 0.3 is 5.97 Å². The number of methoxy groups -OCH3 is 1. The van der Waals surface area contributed by atoms with E-state index in [-0.39, 0.29) is 5.56 Å². The predicted octanol–water partition coefficient (Wildman–Crippen LogP) is 0.892. The van der Waals surface area contributed by atoms with E-state index in [0.29, 0.717) is 11.3 Å². The molecule has 3 N–H and O–H groups in total. The number of rotatable bonds is 4. The largest absolute Gasteiger partial charge is 0.497 e. The highest BCUT2D eigenvalue weighted by molar-refractivity contribution is 5.96. The Morgan fingerprint density at radius 1 is 1.44 bits per heavy atom. The average molecular weight is 221 g/mol. The second kappa shape index (κ2) is 4.97. The van der Waals surface area contributed by atoms with Crippen LogP contribution in [0, 0.1) is 0 Å². The Kier molecular flexibility index (Phi) is 3.66. The van der Waals surface area contributed by atoms with Crippen LogP contribution in [0.5, 0.6) is 5.75 Å². The summed E-state index contributed by atoms with van der Waals surface area (Å²) in [6.07, 6.45) is 2.46. The molecule has 16 heavy (non-hydrogen) atoms. The van der Waals surface area contributed by atoms with E-state index in [0.717, 1.165) is 6.08 Å². The molecule has 0 aliphatic carbocycles. The van der Waals surface area contributed by atoms with Gasteiger partial charge in [0.2, 0.25) is 5.91 Å². The van der Waals surface area contributed by atoms with Gasteiger partial charge in [-0.15, -0.1) is 0 Å². The van der Waals surface area contributed by atoms with Crippen LogP contribution in [0.2, 0.25) is 0 Å². The first-order chi connectivity index (χ1) is 7.54. The molecule has 1 rings (SSSR count). The van der Waals surface area contributed by atoms with E-state index in [1.54, 1.807) is 12.1 Å². The maximum Gasteiger partial charge on any atom is 0.336 e. The molecule has 0 fully saturated rings. The van der Waals surface area contributed by atoms with Gasteiger partial charge < -0.3 is 15.6 Å². The molecular formula is C11H11NO4. The molecule has 84 valence electrons. The van der Waals surface area contributed by atoms with Crippen molar-refractivity contribution < 1.29 is 19.4 Å². The van der Waals surface area contributed by atoms with E-state index >= 15 is 0 Å². The fourth-order valence-electron chi connectivity index (χ4n) is 1.16. The highest BCUT2D eigenvalue weighted by Gasteiger charge is 2.09. The van der Waals surface area contributed by atoms with E-state index in [1.807, 2.05) is 0 Å². The summed E-state index contributed by atoms with van der Waals surface area (Å²) in [6.45, 7) is 0. The first-order valence-corrected chi connectivity index (χ1v) is 4.43. The Morgan fingerprint density at radius 3 is 2.62 bits per heavy atom. The van der Waals surface area contributed by atoms with Crippen molar-refractivity contribution in [3.63, 3.8) is 0 Å². The summed E-state index contributed by atoms with van der Waals surface area (Å²) < 4.78 is 4.91. The molecule has 0 unspecified atom stereocenters. The number of amides is 1. The highest BCUT2D eigenvalue weighted by atomic mass is 16.5. The Balaban J connectivity index is 3.18. The molecule has 1 amide bonds. The minimum atomic E-state index is -1.09. The number of benzene rings is 1. The Hall–Kier alpha value is -2.30. The number of carbonyl (C=O) groups excluding carboxylic acids is 1. The first kappa shape index (κ1) is 11.8. The molecule has 5 heteroatoms. The number of ether oxygens (including phenoxy) is 1. The first-order valence-electron chi connectivity index (χ1n) is 4.43. The van der Waals surface area contributed by atoms with Gasteiger partial charge in [-0.3, -0.25) is 4.79 Å². The van der Waals surface area contributed by atoms with Crippen LogP contribution in [0.1, 0.15) is 15.9 Å². The number of carbonyl (C=O) groups is 2. The fraction of sp³-hybridized carbons (Fsp3) is 0.0909. The van der Waals surface area contributed by atoms with Crippen LogP contribution in [0.3, 0.4) is 0 Å². The lowest BCUT2D eigenvalue weighted by molar-refractivity contribution is -0.113. The zero-order valence-electron chi connectivity index (χ0n) is 8.64. The van der Waals surface area contributed by atoms with Gasteiger partial charge in [0.25, 0.3) is 0 Å². The number of primary amides is 1. The Bertz CT molecular complexity index is 451. The highest BCUT2D eigenvalue weighted by Crippen LogP contribution is 2.18. The molecule has 0 aliphatic rings. The summed E-state index contributed by atoms with van der Waals surface area (Å²) in [7, 11) is 1.44. The van der Waals surface area contributed by atoms with Gasteiger partial charge in [0.05, 0.1) is 12.7 Å². The number of hydrogen-bond acceptors (Lipinski definition) is 3. The quantitative estimate of drug-likeness (QED) is 0.739. The maximum absolute atomic E-state index is 10.9. The summed E-state index contributed by atoms with van der Waals surface area (Å²) in [4.78, 5) is 21.5. The van der Waals surface area contributed by atoms with Crippen LogP contribution < -0.4 is 10.5 Å². The van der Waals surface area contributed by atoms with Gasteiger partial charge in [-0.05, 0) is 23.8 Å². The molecule has 0 bridgehead atoms. The second-order valence-corrected chi connectivity index (χ2v) is 2.99. The average Bonchev–Trinajstić information content (AvgIpc) is 2.25. The molecule has 0 aromatic heterocycles. The van der Waals surface area contributed by atoms with Crippen molar-refractivity contribution in [1.82, 2.24) is 0 Å². The van der Waals surface area contributed by atoms with Crippen molar-refractivity contribution in [3.05, 3.63) is 35.4 Å². The van der Waals surface area contributed by atoms with Crippen LogP contribution in [-0.4, -0.2) is 24.1 Å². The molecule has 1 aromatic carbocycles. The molecule has 5 nitrogen and oxygen atoms in total. The number of nitrogens with two attached hydrogens (primary N) is 1. The number of carboxylic acid groups (broad SMARTS) is 1. The molecule has 0 saturated heterocycles. The van der Waals surface area contributed by atoms with Gasteiger partial charge in [-0.25, -0.2) is 4.79 Å². The lowest BCUT2D eigenvalue weighted by Crippen LogP contribution is -2.06. The van der Waals surface area contributed by atoms with E-state index in [1.165, 1.54) is 19.3 Å². The van der Waals surface area contributed by atoms with Crippen LogP contribution >= 0.6 is 0 Å². The molecule has 1 aromatic rings. The summed E-state index contributed by atoms with van der Waals surface area (Å²) in [5.41, 5.74) is 5.37. The zero-order valence-corrected chi connectivity index (χ0v) is 8.64. The van der Waals surface area contributed by atoms with Crippen molar-refractivity contribution in [2.24, 2.45) is 5.73 Å². The third-order valence-corrected chi connectivity index (χ3v) is 1.92. The lowest BCUT2D eigenvalue weighted by Gasteiger charge is -2.04. The van der Waals surface area contributed by atoms with Crippen molar-refractivity contribution in [3.8, 4) is 5.75 Å². The molecule has 0 radical (unpaired) electrons. The summed E-state index contributed by atoms with van der Waals surface area (Å²) >= 11 is 0. The lowest BCUT2D eigenvalue weighted by atomic mass is 10.1. The molecule has 0 atom stereocenters. The van der Waals surface area contributed by atoms with Crippen LogP contribution in [0.4, 0.5) is 0 Å². The smallest absolute Gasteiger partial charge is 0.336 e. The van der Waals surface area contributed by atoms with E-state index in [2.05, 4.69) is 0 Å². The summed E-state index contributed by atoms with van der Waals surface area (Å²) in [5, 5.41) is 8.95. The minimum Gasteiger partial charge on any atom is -0.497 e. The third-order valence-electron chi connectivity index (χ3n) is 1.92. The third kappa shape index (κ3) is 2.84. The monoisotopic (exact) mass is 221 g/mol. The molecule has 0 spiro atoms. The number of carboxylic acids is 1. The van der Waals surface area contributed by atoms with E-state index in [4.69, 9.17) is 15.6 Å².